The van der Waals surface area contributed by atoms with Gasteiger partial charge in [0.05, 0.1) is 0 Å². The topological polar surface area (TPSA) is 29.5 Å². The Morgan fingerprint density at radius 1 is 1.40 bits per heavy atom. The number of hydrogen-bond acceptors (Lipinski definition) is 2. The van der Waals surface area contributed by atoms with E-state index in [2.05, 4.69) is 12.5 Å². The molecule has 0 aromatic heterocycles. The Balaban J connectivity index is 3.21. The summed E-state index contributed by atoms with van der Waals surface area (Å²) in [6.07, 6.45) is 10.5. The molecule has 1 rings (SSSR count). The number of terminal acetylenes is 1. The number of hydrogen-bond donors (Lipinski definition) is 1. The molecule has 20 heavy (non-hydrogen) atoms. The third-order valence-electron chi connectivity index (χ3n) is 3.33. The first-order valence-corrected chi connectivity index (χ1v) is 6.56. The smallest absolute Gasteiger partial charge is 0.141 e. The Labute approximate surface area is 121 Å². The SMILES string of the molecule is C#CC(C)(O)C=Cc1c(C)cc(OCC=C)c(C)c1C. The molecule has 106 valence electrons. The molecule has 0 aliphatic carbocycles. The number of rotatable bonds is 5. The maximum Gasteiger partial charge on any atom is 0.141 e. The fourth-order valence-corrected chi connectivity index (χ4v) is 1.91. The second kappa shape index (κ2) is 6.45. The van der Waals surface area contributed by atoms with Gasteiger partial charge in [-0.1, -0.05) is 24.7 Å². The summed E-state index contributed by atoms with van der Waals surface area (Å²) in [6, 6.07) is 2.00. The van der Waals surface area contributed by atoms with E-state index in [4.69, 9.17) is 11.2 Å². The van der Waals surface area contributed by atoms with Crippen LogP contribution < -0.4 is 4.74 Å². The first-order chi connectivity index (χ1) is 9.32. The third-order valence-corrected chi connectivity index (χ3v) is 3.33. The predicted octanol–water partition coefficient (Wildman–Crippen LogP) is 3.57. The lowest BCUT2D eigenvalue weighted by Crippen LogP contribution is -2.16. The van der Waals surface area contributed by atoms with Crippen LogP contribution in [-0.4, -0.2) is 17.3 Å². The van der Waals surface area contributed by atoms with Crippen molar-refractivity contribution in [3.8, 4) is 18.1 Å². The molecule has 0 saturated carbocycles. The highest BCUT2D eigenvalue weighted by molar-refractivity contribution is 5.63. The van der Waals surface area contributed by atoms with Crippen molar-refractivity contribution in [3.63, 3.8) is 0 Å². The molecule has 0 fully saturated rings. The van der Waals surface area contributed by atoms with E-state index < -0.39 is 5.60 Å². The number of aryl methyl sites for hydroxylation is 1. The van der Waals surface area contributed by atoms with Crippen molar-refractivity contribution < 1.29 is 9.84 Å². The van der Waals surface area contributed by atoms with Crippen LogP contribution in [0.4, 0.5) is 0 Å². The van der Waals surface area contributed by atoms with E-state index in [0.29, 0.717) is 6.61 Å². The van der Waals surface area contributed by atoms with Crippen LogP contribution >= 0.6 is 0 Å². The van der Waals surface area contributed by atoms with Crippen molar-refractivity contribution in [1.29, 1.82) is 0 Å². The molecule has 0 amide bonds. The number of benzene rings is 1. The van der Waals surface area contributed by atoms with Crippen molar-refractivity contribution in [2.24, 2.45) is 0 Å². The molecule has 2 nitrogen and oxygen atoms in total. The number of ether oxygens (including phenoxy) is 1. The molecule has 0 aliphatic heterocycles. The minimum Gasteiger partial charge on any atom is -0.489 e. The summed E-state index contributed by atoms with van der Waals surface area (Å²) in [7, 11) is 0. The summed E-state index contributed by atoms with van der Waals surface area (Å²) in [5.41, 5.74) is 3.11. The minimum atomic E-state index is -1.23. The first kappa shape index (κ1) is 16.1. The van der Waals surface area contributed by atoms with Crippen molar-refractivity contribution in [2.75, 3.05) is 6.61 Å². The Morgan fingerprint density at radius 3 is 2.60 bits per heavy atom. The molecule has 1 aromatic rings. The van der Waals surface area contributed by atoms with Gasteiger partial charge in [0.1, 0.15) is 18.0 Å². The van der Waals surface area contributed by atoms with Gasteiger partial charge in [-0.3, -0.25) is 0 Å². The van der Waals surface area contributed by atoms with Gasteiger partial charge >= 0.3 is 0 Å². The van der Waals surface area contributed by atoms with Crippen LogP contribution in [0.25, 0.3) is 6.08 Å². The average Bonchev–Trinajstić information content (AvgIpc) is 2.41. The summed E-state index contributed by atoms with van der Waals surface area (Å²) in [5, 5.41) is 9.85. The van der Waals surface area contributed by atoms with Gasteiger partial charge in [0.15, 0.2) is 0 Å². The van der Waals surface area contributed by atoms with E-state index in [1.807, 2.05) is 32.9 Å². The Hall–Kier alpha value is -1.98. The normalized spacial score (nSPS) is 13.8. The molecular formula is C18H22O2. The van der Waals surface area contributed by atoms with Gasteiger partial charge in [-0.25, -0.2) is 0 Å². The summed E-state index contributed by atoms with van der Waals surface area (Å²) in [5.74, 6) is 3.20. The van der Waals surface area contributed by atoms with E-state index >= 15 is 0 Å². The molecule has 0 saturated heterocycles. The summed E-state index contributed by atoms with van der Waals surface area (Å²) < 4.78 is 5.65. The highest BCUT2D eigenvalue weighted by Gasteiger charge is 2.13. The molecule has 0 bridgehead atoms. The minimum absolute atomic E-state index is 0.487. The fraction of sp³-hybridized carbons (Fsp3) is 0.333. The molecule has 0 aliphatic rings. The van der Waals surface area contributed by atoms with Crippen LogP contribution in [0.1, 0.15) is 29.2 Å². The molecule has 1 N–H and O–H groups in total. The maximum atomic E-state index is 9.85. The summed E-state index contributed by atoms with van der Waals surface area (Å²) >= 11 is 0. The average molecular weight is 270 g/mol. The third kappa shape index (κ3) is 3.76. The quantitative estimate of drug-likeness (QED) is 0.654. The second-order valence-corrected chi connectivity index (χ2v) is 5.08. The van der Waals surface area contributed by atoms with Crippen LogP contribution in [0.2, 0.25) is 0 Å². The molecule has 1 atom stereocenters. The lowest BCUT2D eigenvalue weighted by Gasteiger charge is -2.16. The molecular weight excluding hydrogens is 248 g/mol. The van der Waals surface area contributed by atoms with E-state index in [9.17, 15) is 5.11 Å². The van der Waals surface area contributed by atoms with E-state index in [1.165, 1.54) is 0 Å². The second-order valence-electron chi connectivity index (χ2n) is 5.08. The van der Waals surface area contributed by atoms with E-state index in [-0.39, 0.29) is 0 Å². The molecule has 0 spiro atoms. The summed E-state index contributed by atoms with van der Waals surface area (Å²) in [6.45, 7) is 11.8. The van der Waals surface area contributed by atoms with Crippen LogP contribution in [0.5, 0.6) is 5.75 Å². The standard InChI is InChI=1S/C18H22O2/c1-7-11-20-17-12-13(3)16(14(4)15(17)5)9-10-18(6,19)8-2/h2,7,9-10,12,19H,1,11H2,3-6H3. The van der Waals surface area contributed by atoms with Crippen molar-refractivity contribution in [3.05, 3.63) is 47.1 Å². The van der Waals surface area contributed by atoms with Gasteiger partial charge in [0, 0.05) is 0 Å². The van der Waals surface area contributed by atoms with Gasteiger partial charge in [-0.05, 0) is 62.1 Å². The molecule has 0 radical (unpaired) electrons. The lowest BCUT2D eigenvalue weighted by molar-refractivity contribution is 0.175. The molecule has 1 unspecified atom stereocenters. The molecule has 0 heterocycles. The monoisotopic (exact) mass is 270 g/mol. The Morgan fingerprint density at radius 2 is 2.05 bits per heavy atom. The van der Waals surface area contributed by atoms with Crippen LogP contribution in [0, 0.1) is 33.1 Å². The number of aliphatic hydroxyl groups is 1. The first-order valence-electron chi connectivity index (χ1n) is 6.56. The molecule has 1 aromatic carbocycles. The highest BCUT2D eigenvalue weighted by Crippen LogP contribution is 2.29. The van der Waals surface area contributed by atoms with E-state index in [1.54, 1.807) is 19.1 Å². The van der Waals surface area contributed by atoms with Gasteiger partial charge in [-0.15, -0.1) is 6.42 Å². The largest absolute Gasteiger partial charge is 0.489 e. The van der Waals surface area contributed by atoms with Crippen LogP contribution in [0.3, 0.4) is 0 Å². The van der Waals surface area contributed by atoms with Crippen molar-refractivity contribution in [1.82, 2.24) is 0 Å². The van der Waals surface area contributed by atoms with Gasteiger partial charge in [0.25, 0.3) is 0 Å². The van der Waals surface area contributed by atoms with E-state index in [0.717, 1.165) is 28.0 Å². The summed E-state index contributed by atoms with van der Waals surface area (Å²) in [4.78, 5) is 0. The Kier molecular flexibility index (Phi) is 5.19. The maximum absolute atomic E-state index is 9.85. The predicted molar refractivity (Wildman–Crippen MR) is 84.8 cm³/mol. The lowest BCUT2D eigenvalue weighted by atomic mass is 9.95. The van der Waals surface area contributed by atoms with Crippen LogP contribution in [0.15, 0.2) is 24.8 Å². The van der Waals surface area contributed by atoms with Crippen molar-refractivity contribution in [2.45, 2.75) is 33.3 Å². The van der Waals surface area contributed by atoms with Gasteiger partial charge < -0.3 is 9.84 Å². The zero-order valence-corrected chi connectivity index (χ0v) is 12.7. The molecule has 2 heteroatoms. The van der Waals surface area contributed by atoms with Crippen LogP contribution in [-0.2, 0) is 0 Å². The highest BCUT2D eigenvalue weighted by atomic mass is 16.5. The zero-order valence-electron chi connectivity index (χ0n) is 12.7. The van der Waals surface area contributed by atoms with Crippen molar-refractivity contribution >= 4 is 6.08 Å². The van der Waals surface area contributed by atoms with Gasteiger partial charge in [-0.2, -0.15) is 0 Å². The fourth-order valence-electron chi connectivity index (χ4n) is 1.91. The Bertz CT molecular complexity index is 572. The van der Waals surface area contributed by atoms with Gasteiger partial charge in [0.2, 0.25) is 0 Å². The zero-order chi connectivity index (χ0) is 15.3.